The van der Waals surface area contributed by atoms with Gasteiger partial charge in [-0.1, -0.05) is 30.3 Å². The molecule has 0 aliphatic heterocycles. The highest BCUT2D eigenvalue weighted by atomic mass is 16.2. The van der Waals surface area contributed by atoms with E-state index in [1.165, 1.54) is 32.1 Å². The molecule has 0 unspecified atom stereocenters. The second kappa shape index (κ2) is 6.75. The van der Waals surface area contributed by atoms with Crippen molar-refractivity contribution in [2.45, 2.75) is 58.0 Å². The molecule has 0 saturated heterocycles. The summed E-state index contributed by atoms with van der Waals surface area (Å²) in [5.74, 6) is 3.39. The Kier molecular flexibility index (Phi) is 4.33. The zero-order valence-corrected chi connectivity index (χ0v) is 17.2. The summed E-state index contributed by atoms with van der Waals surface area (Å²) < 4.78 is 1.85. The summed E-state index contributed by atoms with van der Waals surface area (Å²) in [5.41, 5.74) is 2.73. The van der Waals surface area contributed by atoms with E-state index < -0.39 is 0 Å². The van der Waals surface area contributed by atoms with E-state index in [1.807, 2.05) is 29.9 Å². The van der Waals surface area contributed by atoms with Crippen molar-refractivity contribution in [1.82, 2.24) is 14.7 Å². The Morgan fingerprint density at radius 3 is 2.21 bits per heavy atom. The van der Waals surface area contributed by atoms with Crippen LogP contribution in [0.15, 0.2) is 36.5 Å². The van der Waals surface area contributed by atoms with Gasteiger partial charge in [0.25, 0.3) is 5.91 Å². The number of amides is 1. The molecule has 0 N–H and O–H groups in total. The Hall–Kier alpha value is -2.10. The maximum Gasteiger partial charge on any atom is 0.258 e. The third-order valence-electron chi connectivity index (χ3n) is 7.51. The molecule has 0 atom stereocenters. The van der Waals surface area contributed by atoms with Crippen LogP contribution >= 0.6 is 0 Å². The highest BCUT2D eigenvalue weighted by Gasteiger charge is 2.51. The monoisotopic (exact) mass is 377 g/mol. The van der Waals surface area contributed by atoms with Crippen molar-refractivity contribution in [3.05, 3.63) is 42.1 Å². The van der Waals surface area contributed by atoms with Crippen molar-refractivity contribution in [3.63, 3.8) is 0 Å². The minimum Gasteiger partial charge on any atom is -0.333 e. The fraction of sp³-hybridized carbons (Fsp3) is 0.583. The van der Waals surface area contributed by atoms with Crippen LogP contribution in [0.25, 0.3) is 11.3 Å². The van der Waals surface area contributed by atoms with Gasteiger partial charge in [0.2, 0.25) is 0 Å². The van der Waals surface area contributed by atoms with Crippen LogP contribution in [0.5, 0.6) is 0 Å². The van der Waals surface area contributed by atoms with Crippen LogP contribution in [0.1, 0.15) is 56.3 Å². The van der Waals surface area contributed by atoms with Gasteiger partial charge in [0.05, 0.1) is 17.5 Å². The van der Waals surface area contributed by atoms with E-state index in [0.717, 1.165) is 28.7 Å². The summed E-state index contributed by atoms with van der Waals surface area (Å²) in [6, 6.07) is 10.8. The van der Waals surface area contributed by atoms with Crippen molar-refractivity contribution in [2.75, 3.05) is 0 Å². The molecule has 4 fully saturated rings. The van der Waals surface area contributed by atoms with Gasteiger partial charge in [0.15, 0.2) is 0 Å². The number of aryl methyl sites for hydroxylation is 1. The summed E-state index contributed by atoms with van der Waals surface area (Å²) in [6.45, 7) is 4.36. The van der Waals surface area contributed by atoms with Gasteiger partial charge in [-0.25, -0.2) is 0 Å². The van der Waals surface area contributed by atoms with Gasteiger partial charge in [-0.2, -0.15) is 5.10 Å². The molecular weight excluding hydrogens is 346 g/mol. The molecule has 4 aliphatic carbocycles. The molecule has 4 bridgehead atoms. The van der Waals surface area contributed by atoms with Crippen LogP contribution < -0.4 is 0 Å². The molecule has 1 aromatic heterocycles. The summed E-state index contributed by atoms with van der Waals surface area (Å²) in [7, 11) is 1.93. The largest absolute Gasteiger partial charge is 0.333 e. The molecular formula is C24H31N3O. The highest BCUT2D eigenvalue weighted by molar-refractivity contribution is 6.00. The maximum atomic E-state index is 13.9. The third kappa shape index (κ3) is 2.80. The van der Waals surface area contributed by atoms with Crippen molar-refractivity contribution in [1.29, 1.82) is 0 Å². The van der Waals surface area contributed by atoms with Crippen molar-refractivity contribution < 1.29 is 4.79 Å². The van der Waals surface area contributed by atoms with Crippen LogP contribution in [-0.4, -0.2) is 32.7 Å². The van der Waals surface area contributed by atoms with E-state index in [-0.39, 0.29) is 11.9 Å². The topological polar surface area (TPSA) is 38.1 Å². The number of benzene rings is 1. The Labute approximate surface area is 167 Å². The van der Waals surface area contributed by atoms with E-state index in [0.29, 0.717) is 17.9 Å². The summed E-state index contributed by atoms with van der Waals surface area (Å²) in [4.78, 5) is 16.1. The molecule has 1 heterocycles. The number of aromatic nitrogens is 2. The lowest BCUT2D eigenvalue weighted by Crippen LogP contribution is -2.59. The molecule has 1 aromatic carbocycles. The molecule has 4 aliphatic rings. The molecule has 6 rings (SSSR count). The van der Waals surface area contributed by atoms with Gasteiger partial charge in [0, 0.05) is 24.7 Å². The zero-order chi connectivity index (χ0) is 19.4. The number of nitrogens with zero attached hydrogens (tertiary/aromatic N) is 3. The first-order chi connectivity index (χ1) is 13.5. The van der Waals surface area contributed by atoms with E-state index in [9.17, 15) is 4.79 Å². The number of carbonyl (C=O) groups is 1. The highest BCUT2D eigenvalue weighted by Crippen LogP contribution is 2.55. The molecule has 2 aromatic rings. The number of hydrogen-bond acceptors (Lipinski definition) is 2. The standard InChI is InChI=1S/C24H31N3O/c1-15(2)27(22-19-10-16-9-17(12-19)13-20(22)11-16)24(28)21-14-25-26(3)23(21)18-7-5-4-6-8-18/h4-8,14-17,19-20,22H,9-13H2,1-3H3. The quantitative estimate of drug-likeness (QED) is 0.770. The van der Waals surface area contributed by atoms with E-state index in [4.69, 9.17) is 0 Å². The lowest BCUT2D eigenvalue weighted by atomic mass is 9.53. The fourth-order valence-corrected chi connectivity index (χ4v) is 6.74. The van der Waals surface area contributed by atoms with Crippen LogP contribution in [0.4, 0.5) is 0 Å². The van der Waals surface area contributed by atoms with Gasteiger partial charge >= 0.3 is 0 Å². The predicted octanol–water partition coefficient (Wildman–Crippen LogP) is 4.76. The van der Waals surface area contributed by atoms with Gasteiger partial charge in [-0.3, -0.25) is 9.48 Å². The second-order valence-corrected chi connectivity index (χ2v) is 9.62. The SMILES string of the molecule is CC(C)N(C(=O)c1cnn(C)c1-c1ccccc1)C1C2CC3CC(C2)CC1C3. The van der Waals surface area contributed by atoms with Crippen molar-refractivity contribution in [3.8, 4) is 11.3 Å². The summed E-state index contributed by atoms with van der Waals surface area (Å²) >= 11 is 0. The molecule has 148 valence electrons. The first-order valence-electron chi connectivity index (χ1n) is 10.9. The maximum absolute atomic E-state index is 13.9. The number of hydrogen-bond donors (Lipinski definition) is 0. The molecule has 0 radical (unpaired) electrons. The Morgan fingerprint density at radius 2 is 1.64 bits per heavy atom. The first kappa shape index (κ1) is 18.0. The second-order valence-electron chi connectivity index (χ2n) is 9.62. The van der Waals surface area contributed by atoms with E-state index in [1.54, 1.807) is 6.20 Å². The molecule has 4 nitrogen and oxygen atoms in total. The lowest BCUT2D eigenvalue weighted by molar-refractivity contribution is -0.0630. The molecule has 4 heteroatoms. The third-order valence-corrected chi connectivity index (χ3v) is 7.51. The summed E-state index contributed by atoms with van der Waals surface area (Å²) in [5, 5.41) is 4.46. The Bertz CT molecular complexity index is 841. The minimum atomic E-state index is 0.166. The van der Waals surface area contributed by atoms with E-state index in [2.05, 4.69) is 36.0 Å². The zero-order valence-electron chi connectivity index (χ0n) is 17.2. The van der Waals surface area contributed by atoms with Gasteiger partial charge in [-0.05, 0) is 69.6 Å². The van der Waals surface area contributed by atoms with Crippen LogP contribution in [0.3, 0.4) is 0 Å². The smallest absolute Gasteiger partial charge is 0.258 e. The molecule has 0 spiro atoms. The molecule has 1 amide bonds. The van der Waals surface area contributed by atoms with Crippen molar-refractivity contribution >= 4 is 5.91 Å². The average molecular weight is 378 g/mol. The minimum absolute atomic E-state index is 0.166. The number of rotatable bonds is 4. The van der Waals surface area contributed by atoms with Gasteiger partial charge in [-0.15, -0.1) is 0 Å². The van der Waals surface area contributed by atoms with Crippen LogP contribution in [0.2, 0.25) is 0 Å². The number of carbonyl (C=O) groups excluding carboxylic acids is 1. The first-order valence-corrected chi connectivity index (χ1v) is 10.9. The fourth-order valence-electron chi connectivity index (χ4n) is 6.74. The van der Waals surface area contributed by atoms with Crippen molar-refractivity contribution in [2.24, 2.45) is 30.7 Å². The van der Waals surface area contributed by atoms with Gasteiger partial charge < -0.3 is 4.90 Å². The van der Waals surface area contributed by atoms with Crippen LogP contribution in [0, 0.1) is 23.7 Å². The van der Waals surface area contributed by atoms with E-state index >= 15 is 0 Å². The molecule has 4 saturated carbocycles. The predicted molar refractivity (Wildman–Crippen MR) is 111 cm³/mol. The van der Waals surface area contributed by atoms with Crippen LogP contribution in [-0.2, 0) is 7.05 Å². The lowest BCUT2D eigenvalue weighted by Gasteiger charge is -2.58. The Balaban J connectivity index is 1.52. The normalized spacial score (nSPS) is 30.8. The van der Waals surface area contributed by atoms with Gasteiger partial charge in [0.1, 0.15) is 0 Å². The average Bonchev–Trinajstić information content (AvgIpc) is 3.05. The summed E-state index contributed by atoms with van der Waals surface area (Å²) in [6.07, 6.45) is 8.52. The Morgan fingerprint density at radius 1 is 1.04 bits per heavy atom. The molecule has 28 heavy (non-hydrogen) atoms.